The number of para-hydroxylation sites is 1. The number of rotatable bonds is 4. The molecular weight excluding hydrogens is 439 g/mol. The number of amides is 4. The molecule has 0 aliphatic carbocycles. The van der Waals surface area contributed by atoms with Crippen molar-refractivity contribution in [2.24, 2.45) is 5.73 Å². The topological polar surface area (TPSA) is 121 Å². The average molecular weight is 459 g/mol. The summed E-state index contributed by atoms with van der Waals surface area (Å²) in [5, 5.41) is 7.13. The lowest BCUT2D eigenvalue weighted by atomic mass is 10.2. The van der Waals surface area contributed by atoms with Crippen LogP contribution in [0.4, 0.5) is 19.7 Å². The standard InChI is InChI=1S/C21H20ClFN6O3/c22-14-6-3-4-12(18(14)23)10-25-19(30)17-8-9-26-29(17)21(32)27-15-11-28(20(24)31)16-7-2-1-5-13(15)16/h1-7,11,17,26H,8-10H2,(H2,24,31)(H,25,30)(H,27,32)/t17-/m1/s1. The van der Waals surface area contributed by atoms with Crippen LogP contribution >= 0.6 is 11.6 Å². The summed E-state index contributed by atoms with van der Waals surface area (Å²) in [4.78, 5) is 37.3. The van der Waals surface area contributed by atoms with Crippen LogP contribution < -0.4 is 21.8 Å². The van der Waals surface area contributed by atoms with Crippen molar-refractivity contribution in [3.8, 4) is 0 Å². The molecule has 0 saturated carbocycles. The van der Waals surface area contributed by atoms with Gasteiger partial charge in [-0.05, 0) is 18.6 Å². The van der Waals surface area contributed by atoms with Gasteiger partial charge in [-0.15, -0.1) is 0 Å². The van der Waals surface area contributed by atoms with Crippen molar-refractivity contribution in [1.29, 1.82) is 0 Å². The van der Waals surface area contributed by atoms with E-state index in [0.717, 1.165) is 0 Å². The highest BCUT2D eigenvalue weighted by atomic mass is 35.5. The van der Waals surface area contributed by atoms with Gasteiger partial charge >= 0.3 is 12.1 Å². The van der Waals surface area contributed by atoms with Crippen LogP contribution in [0, 0.1) is 5.82 Å². The first kappa shape index (κ1) is 21.6. The number of hydrazine groups is 1. The molecule has 1 fully saturated rings. The molecular formula is C21H20ClFN6O3. The van der Waals surface area contributed by atoms with Crippen LogP contribution in [-0.2, 0) is 11.3 Å². The van der Waals surface area contributed by atoms with Crippen molar-refractivity contribution in [2.45, 2.75) is 19.0 Å². The molecule has 1 aromatic heterocycles. The minimum Gasteiger partial charge on any atom is -0.351 e. The Hall–Kier alpha value is -3.63. The van der Waals surface area contributed by atoms with Gasteiger partial charge in [0.25, 0.3) is 0 Å². The maximum atomic E-state index is 14.1. The second kappa shape index (κ2) is 8.85. The van der Waals surface area contributed by atoms with Gasteiger partial charge in [0.1, 0.15) is 11.9 Å². The summed E-state index contributed by atoms with van der Waals surface area (Å²) in [6.07, 6.45) is 1.80. The third-order valence-electron chi connectivity index (χ3n) is 5.21. The number of primary amides is 1. The molecule has 5 N–H and O–H groups in total. The largest absolute Gasteiger partial charge is 0.351 e. The molecule has 1 aliphatic heterocycles. The summed E-state index contributed by atoms with van der Waals surface area (Å²) in [5.74, 6) is -1.04. The zero-order chi connectivity index (χ0) is 22.8. The summed E-state index contributed by atoms with van der Waals surface area (Å²) < 4.78 is 15.3. The van der Waals surface area contributed by atoms with Gasteiger partial charge in [-0.3, -0.25) is 9.36 Å². The first-order chi connectivity index (χ1) is 15.4. The Morgan fingerprint density at radius 2 is 1.97 bits per heavy atom. The Morgan fingerprint density at radius 3 is 2.75 bits per heavy atom. The Balaban J connectivity index is 1.47. The fourth-order valence-corrected chi connectivity index (χ4v) is 3.84. The number of hydrogen-bond donors (Lipinski definition) is 4. The lowest BCUT2D eigenvalue weighted by molar-refractivity contribution is -0.125. The van der Waals surface area contributed by atoms with Crippen LogP contribution in [0.25, 0.3) is 10.9 Å². The van der Waals surface area contributed by atoms with Crippen molar-refractivity contribution < 1.29 is 18.8 Å². The van der Waals surface area contributed by atoms with Gasteiger partial charge in [-0.2, -0.15) is 0 Å². The maximum absolute atomic E-state index is 14.1. The monoisotopic (exact) mass is 458 g/mol. The fourth-order valence-electron chi connectivity index (χ4n) is 3.64. The Kier molecular flexibility index (Phi) is 5.97. The molecule has 9 nitrogen and oxygen atoms in total. The van der Waals surface area contributed by atoms with E-state index in [2.05, 4.69) is 16.1 Å². The zero-order valence-corrected chi connectivity index (χ0v) is 17.5. The van der Waals surface area contributed by atoms with E-state index < -0.39 is 29.8 Å². The number of anilines is 1. The van der Waals surface area contributed by atoms with E-state index in [1.165, 1.54) is 27.9 Å². The van der Waals surface area contributed by atoms with Gasteiger partial charge in [-0.1, -0.05) is 41.9 Å². The first-order valence-corrected chi connectivity index (χ1v) is 10.2. The molecule has 2 heterocycles. The second-order valence-electron chi connectivity index (χ2n) is 7.21. The molecule has 1 saturated heterocycles. The lowest BCUT2D eigenvalue weighted by Gasteiger charge is -2.23. The molecule has 4 amide bonds. The first-order valence-electron chi connectivity index (χ1n) is 9.81. The van der Waals surface area contributed by atoms with Crippen LogP contribution in [0.5, 0.6) is 0 Å². The summed E-state index contributed by atoms with van der Waals surface area (Å²) in [5.41, 5.74) is 9.44. The number of fused-ring (bicyclic) bond motifs is 1. The summed E-state index contributed by atoms with van der Waals surface area (Å²) in [6.45, 7) is 0.337. The average Bonchev–Trinajstić information content (AvgIpc) is 3.40. The third-order valence-corrected chi connectivity index (χ3v) is 5.50. The number of nitrogens with two attached hydrogens (primary N) is 1. The van der Waals surface area contributed by atoms with Crippen LogP contribution in [-0.4, -0.2) is 40.1 Å². The van der Waals surface area contributed by atoms with Gasteiger partial charge in [0.15, 0.2) is 0 Å². The minimum atomic E-state index is -0.804. The molecule has 0 unspecified atom stereocenters. The number of halogens is 2. The highest BCUT2D eigenvalue weighted by Gasteiger charge is 2.34. The molecule has 32 heavy (non-hydrogen) atoms. The van der Waals surface area contributed by atoms with Gasteiger partial charge in [0, 0.05) is 30.2 Å². The molecule has 1 aliphatic rings. The highest BCUT2D eigenvalue weighted by molar-refractivity contribution is 6.30. The number of aromatic nitrogens is 1. The number of nitrogens with one attached hydrogen (secondary N) is 3. The highest BCUT2D eigenvalue weighted by Crippen LogP contribution is 2.26. The van der Waals surface area contributed by atoms with Crippen LogP contribution in [0.15, 0.2) is 48.7 Å². The van der Waals surface area contributed by atoms with E-state index in [0.29, 0.717) is 29.6 Å². The SMILES string of the molecule is NC(=O)n1cc(NC(=O)N2NCC[C@@H]2C(=O)NCc2cccc(Cl)c2F)c2ccccc21. The predicted octanol–water partition coefficient (Wildman–Crippen LogP) is 2.79. The quantitative estimate of drug-likeness (QED) is 0.480. The van der Waals surface area contributed by atoms with E-state index in [-0.39, 0.29) is 17.1 Å². The van der Waals surface area contributed by atoms with Crippen LogP contribution in [0.3, 0.4) is 0 Å². The van der Waals surface area contributed by atoms with E-state index in [1.807, 2.05) is 0 Å². The number of nitrogens with zero attached hydrogens (tertiary/aromatic N) is 2. The minimum absolute atomic E-state index is 0.0320. The summed E-state index contributed by atoms with van der Waals surface area (Å²) >= 11 is 5.77. The number of carbonyl (C=O) groups excluding carboxylic acids is 3. The Morgan fingerprint density at radius 1 is 1.19 bits per heavy atom. The Bertz CT molecular complexity index is 1210. The number of carbonyl (C=O) groups is 3. The molecule has 0 radical (unpaired) electrons. The summed E-state index contributed by atoms with van der Waals surface area (Å²) in [6, 6.07) is 9.42. The van der Waals surface area contributed by atoms with Crippen molar-refractivity contribution in [3.63, 3.8) is 0 Å². The third kappa shape index (κ3) is 4.10. The molecule has 1 atom stereocenters. The number of urea groups is 1. The van der Waals surface area contributed by atoms with Gasteiger partial charge in [-0.25, -0.2) is 24.4 Å². The molecule has 166 valence electrons. The second-order valence-corrected chi connectivity index (χ2v) is 7.62. The van der Waals surface area contributed by atoms with E-state index in [4.69, 9.17) is 17.3 Å². The normalized spacial score (nSPS) is 15.7. The van der Waals surface area contributed by atoms with Gasteiger partial charge < -0.3 is 16.4 Å². The van der Waals surface area contributed by atoms with Crippen molar-refractivity contribution >= 4 is 46.2 Å². The number of hydrogen-bond acceptors (Lipinski definition) is 4. The fraction of sp³-hybridized carbons (Fsp3) is 0.190. The molecule has 2 aromatic carbocycles. The zero-order valence-electron chi connectivity index (χ0n) is 16.8. The van der Waals surface area contributed by atoms with E-state index >= 15 is 0 Å². The molecule has 0 bridgehead atoms. The van der Waals surface area contributed by atoms with Crippen molar-refractivity contribution in [3.05, 3.63) is 65.1 Å². The van der Waals surface area contributed by atoms with Gasteiger partial charge in [0.05, 0.1) is 16.2 Å². The molecule has 0 spiro atoms. The molecule has 3 aromatic rings. The predicted molar refractivity (Wildman–Crippen MR) is 117 cm³/mol. The van der Waals surface area contributed by atoms with Crippen molar-refractivity contribution in [1.82, 2.24) is 20.3 Å². The molecule has 11 heteroatoms. The Labute approximate surface area is 187 Å². The van der Waals surface area contributed by atoms with Gasteiger partial charge in [0.2, 0.25) is 5.91 Å². The van der Waals surface area contributed by atoms with E-state index in [9.17, 15) is 18.8 Å². The summed E-state index contributed by atoms with van der Waals surface area (Å²) in [7, 11) is 0. The maximum Gasteiger partial charge on any atom is 0.336 e. The number of benzene rings is 2. The van der Waals surface area contributed by atoms with Crippen LogP contribution in [0.1, 0.15) is 12.0 Å². The smallest absolute Gasteiger partial charge is 0.336 e. The van der Waals surface area contributed by atoms with E-state index in [1.54, 1.807) is 30.3 Å². The van der Waals surface area contributed by atoms with Crippen LogP contribution in [0.2, 0.25) is 5.02 Å². The molecule has 4 rings (SSSR count). The van der Waals surface area contributed by atoms with Crippen molar-refractivity contribution in [2.75, 3.05) is 11.9 Å². The lowest BCUT2D eigenvalue weighted by Crippen LogP contribution is -2.51.